The zero-order valence-corrected chi connectivity index (χ0v) is 13.0. The highest BCUT2D eigenvalue weighted by Gasteiger charge is 2.10. The number of rotatable bonds is 6. The molecule has 1 heterocycles. The number of hydrogen-bond acceptors (Lipinski definition) is 3. The van der Waals surface area contributed by atoms with Gasteiger partial charge >= 0.3 is 0 Å². The number of ether oxygens (including phenoxy) is 1. The summed E-state index contributed by atoms with van der Waals surface area (Å²) in [6.45, 7) is 2.90. The maximum absolute atomic E-state index is 11.8. The van der Waals surface area contributed by atoms with Crippen molar-refractivity contribution in [1.82, 2.24) is 15.1 Å². The molecule has 2 aromatic rings. The Morgan fingerprint density at radius 2 is 2.05 bits per heavy atom. The maximum Gasteiger partial charge on any atom is 0.258 e. The van der Waals surface area contributed by atoms with Crippen LogP contribution < -0.4 is 10.1 Å². The Balaban J connectivity index is 1.82. The van der Waals surface area contributed by atoms with E-state index in [4.69, 9.17) is 27.9 Å². The molecule has 0 spiro atoms. The highest BCUT2D eigenvalue weighted by Crippen LogP contribution is 2.16. The van der Waals surface area contributed by atoms with Crippen LogP contribution >= 0.6 is 23.2 Å². The molecule has 1 aromatic heterocycles. The van der Waals surface area contributed by atoms with Crippen molar-refractivity contribution in [1.29, 1.82) is 0 Å². The van der Waals surface area contributed by atoms with E-state index in [0.29, 0.717) is 28.9 Å². The summed E-state index contributed by atoms with van der Waals surface area (Å²) in [7, 11) is 0. The van der Waals surface area contributed by atoms with E-state index in [1.54, 1.807) is 35.1 Å². The minimum absolute atomic E-state index is 0.0699. The summed E-state index contributed by atoms with van der Waals surface area (Å²) < 4.78 is 7.09. The summed E-state index contributed by atoms with van der Waals surface area (Å²) in [6, 6.07) is 6.82. The second-order valence-electron chi connectivity index (χ2n) is 4.27. The van der Waals surface area contributed by atoms with Crippen LogP contribution in [-0.4, -0.2) is 22.3 Å². The zero-order valence-electron chi connectivity index (χ0n) is 11.5. The van der Waals surface area contributed by atoms with Gasteiger partial charge in [0.1, 0.15) is 5.75 Å². The van der Waals surface area contributed by atoms with Crippen LogP contribution in [0.1, 0.15) is 12.6 Å². The maximum atomic E-state index is 11.8. The number of amides is 1. The highest BCUT2D eigenvalue weighted by molar-refractivity contribution is 6.31. The molecule has 0 aliphatic carbocycles. The van der Waals surface area contributed by atoms with Gasteiger partial charge in [0.05, 0.1) is 23.5 Å². The molecule has 0 atom stereocenters. The van der Waals surface area contributed by atoms with Gasteiger partial charge < -0.3 is 10.1 Å². The number of carbonyl (C=O) groups is 1. The molecule has 21 heavy (non-hydrogen) atoms. The van der Waals surface area contributed by atoms with Gasteiger partial charge in [0.25, 0.3) is 5.91 Å². The first-order chi connectivity index (χ1) is 10.1. The number of carbonyl (C=O) groups excluding carboxylic acids is 1. The van der Waals surface area contributed by atoms with Crippen molar-refractivity contribution in [3.05, 3.63) is 46.2 Å². The lowest BCUT2D eigenvalue weighted by atomic mass is 10.3. The molecule has 7 heteroatoms. The van der Waals surface area contributed by atoms with Crippen LogP contribution in [0, 0.1) is 0 Å². The number of aromatic nitrogens is 2. The van der Waals surface area contributed by atoms with E-state index in [0.717, 1.165) is 5.69 Å². The Bertz CT molecular complexity index is 611. The van der Waals surface area contributed by atoms with Crippen molar-refractivity contribution < 1.29 is 9.53 Å². The molecule has 1 aromatic carbocycles. The predicted molar refractivity (Wildman–Crippen MR) is 81.7 cm³/mol. The standard InChI is InChI=1S/C14H15Cl2N3O2/c1-2-19-13(12(16)7-18-19)8-17-14(20)9-21-11-5-3-10(15)4-6-11/h3-7H,2,8-9H2,1H3,(H,17,20). The predicted octanol–water partition coefficient (Wildman–Crippen LogP) is 2.91. The third kappa shape index (κ3) is 4.37. The van der Waals surface area contributed by atoms with Crippen molar-refractivity contribution in [3.8, 4) is 5.75 Å². The van der Waals surface area contributed by atoms with Gasteiger partial charge in [0.15, 0.2) is 6.61 Å². The molecule has 0 saturated heterocycles. The number of halogens is 2. The van der Waals surface area contributed by atoms with Gasteiger partial charge in [-0.05, 0) is 31.2 Å². The summed E-state index contributed by atoms with van der Waals surface area (Å²) in [6.07, 6.45) is 1.57. The Kier molecular flexibility index (Phi) is 5.47. The van der Waals surface area contributed by atoms with Gasteiger partial charge in [-0.3, -0.25) is 9.48 Å². The Hall–Kier alpha value is -1.72. The number of nitrogens with one attached hydrogen (secondary N) is 1. The second kappa shape index (κ2) is 7.33. The van der Waals surface area contributed by atoms with E-state index >= 15 is 0 Å². The Morgan fingerprint density at radius 1 is 1.33 bits per heavy atom. The molecule has 0 radical (unpaired) electrons. The molecule has 0 saturated carbocycles. The van der Waals surface area contributed by atoms with Crippen molar-refractivity contribution in [2.24, 2.45) is 0 Å². The summed E-state index contributed by atoms with van der Waals surface area (Å²) in [5, 5.41) is 8.01. The summed E-state index contributed by atoms with van der Waals surface area (Å²) in [5.74, 6) is 0.357. The molecule has 1 amide bonds. The molecule has 0 bridgehead atoms. The van der Waals surface area contributed by atoms with Gasteiger partial charge in [0.2, 0.25) is 0 Å². The van der Waals surface area contributed by atoms with E-state index in [1.165, 1.54) is 0 Å². The first-order valence-corrected chi connectivity index (χ1v) is 7.21. The molecular formula is C14H15Cl2N3O2. The fraction of sp³-hybridized carbons (Fsp3) is 0.286. The van der Waals surface area contributed by atoms with E-state index in [9.17, 15) is 4.79 Å². The lowest BCUT2D eigenvalue weighted by molar-refractivity contribution is -0.123. The molecule has 0 aliphatic rings. The van der Waals surface area contributed by atoms with Crippen LogP contribution in [0.2, 0.25) is 10.0 Å². The SMILES string of the molecule is CCn1ncc(Cl)c1CNC(=O)COc1ccc(Cl)cc1. The lowest BCUT2D eigenvalue weighted by Gasteiger charge is -2.09. The van der Waals surface area contributed by atoms with Crippen LogP contribution in [-0.2, 0) is 17.9 Å². The third-order valence-electron chi connectivity index (χ3n) is 2.83. The van der Waals surface area contributed by atoms with Crippen LogP contribution in [0.3, 0.4) is 0 Å². The first-order valence-electron chi connectivity index (χ1n) is 6.45. The summed E-state index contributed by atoms with van der Waals surface area (Å²) in [4.78, 5) is 11.8. The van der Waals surface area contributed by atoms with Gasteiger partial charge in [-0.15, -0.1) is 0 Å². The van der Waals surface area contributed by atoms with Gasteiger partial charge in [0, 0.05) is 11.6 Å². The summed E-state index contributed by atoms with van der Waals surface area (Å²) >= 11 is 11.8. The van der Waals surface area contributed by atoms with Gasteiger partial charge in [-0.2, -0.15) is 5.10 Å². The average Bonchev–Trinajstić information content (AvgIpc) is 2.84. The van der Waals surface area contributed by atoms with Gasteiger partial charge in [-0.25, -0.2) is 0 Å². The number of aryl methyl sites for hydroxylation is 1. The van der Waals surface area contributed by atoms with E-state index < -0.39 is 0 Å². The van der Waals surface area contributed by atoms with Crippen LogP contribution in [0.25, 0.3) is 0 Å². The fourth-order valence-electron chi connectivity index (χ4n) is 1.75. The molecule has 0 fully saturated rings. The monoisotopic (exact) mass is 327 g/mol. The smallest absolute Gasteiger partial charge is 0.258 e. The third-order valence-corrected chi connectivity index (χ3v) is 3.40. The number of nitrogens with zero attached hydrogens (tertiary/aromatic N) is 2. The quantitative estimate of drug-likeness (QED) is 0.887. The summed E-state index contributed by atoms with van der Waals surface area (Å²) in [5.41, 5.74) is 0.777. The van der Waals surface area contributed by atoms with Crippen molar-refractivity contribution >= 4 is 29.1 Å². The largest absolute Gasteiger partial charge is 0.484 e. The number of benzene rings is 1. The molecule has 0 unspecified atom stereocenters. The van der Waals surface area contributed by atoms with Gasteiger partial charge in [-0.1, -0.05) is 23.2 Å². The normalized spacial score (nSPS) is 10.4. The van der Waals surface area contributed by atoms with E-state index in [2.05, 4.69) is 10.4 Å². The minimum atomic E-state index is -0.232. The van der Waals surface area contributed by atoms with E-state index in [1.807, 2.05) is 6.92 Å². The van der Waals surface area contributed by atoms with Crippen LogP contribution in [0.15, 0.2) is 30.5 Å². The molecular weight excluding hydrogens is 313 g/mol. The molecule has 2 rings (SSSR count). The zero-order chi connectivity index (χ0) is 15.2. The molecule has 0 aliphatic heterocycles. The Labute approximate surface area is 132 Å². The second-order valence-corrected chi connectivity index (χ2v) is 5.12. The van der Waals surface area contributed by atoms with Crippen molar-refractivity contribution in [3.63, 3.8) is 0 Å². The van der Waals surface area contributed by atoms with Crippen LogP contribution in [0.5, 0.6) is 5.75 Å². The highest BCUT2D eigenvalue weighted by atomic mass is 35.5. The molecule has 112 valence electrons. The van der Waals surface area contributed by atoms with Crippen molar-refractivity contribution in [2.75, 3.05) is 6.61 Å². The van der Waals surface area contributed by atoms with Crippen molar-refractivity contribution in [2.45, 2.75) is 20.0 Å². The Morgan fingerprint density at radius 3 is 2.71 bits per heavy atom. The fourth-order valence-corrected chi connectivity index (χ4v) is 2.08. The number of hydrogen-bond donors (Lipinski definition) is 1. The van der Waals surface area contributed by atoms with E-state index in [-0.39, 0.29) is 12.5 Å². The average molecular weight is 328 g/mol. The first kappa shape index (κ1) is 15.7. The molecule has 1 N–H and O–H groups in total. The topological polar surface area (TPSA) is 56.2 Å². The molecule has 5 nitrogen and oxygen atoms in total. The minimum Gasteiger partial charge on any atom is -0.484 e. The van der Waals surface area contributed by atoms with Crippen LogP contribution in [0.4, 0.5) is 0 Å². The lowest BCUT2D eigenvalue weighted by Crippen LogP contribution is -2.29.